The zero-order valence-electron chi connectivity index (χ0n) is 8.88. The molecule has 15 heavy (non-hydrogen) atoms. The molecule has 1 aliphatic heterocycles. The summed E-state index contributed by atoms with van der Waals surface area (Å²) < 4.78 is 0. The molecule has 82 valence electrons. The van der Waals surface area contributed by atoms with Crippen molar-refractivity contribution < 1.29 is 0 Å². The second-order valence-electron chi connectivity index (χ2n) is 4.19. The van der Waals surface area contributed by atoms with Crippen LogP contribution >= 0.6 is 11.6 Å². The van der Waals surface area contributed by atoms with Crippen LogP contribution in [0.25, 0.3) is 0 Å². The monoisotopic (exact) mass is 224 g/mol. The third-order valence-electron chi connectivity index (χ3n) is 2.91. The smallest absolute Gasteiger partial charge is 0.0452 e. The van der Waals surface area contributed by atoms with Crippen molar-refractivity contribution >= 4 is 17.3 Å². The molecule has 1 aliphatic rings. The Bertz CT molecular complexity index is 332. The number of hydrogen-bond donors (Lipinski definition) is 1. The largest absolute Gasteiger partial charge is 0.399 e. The van der Waals surface area contributed by atoms with Gasteiger partial charge in [-0.1, -0.05) is 18.0 Å². The first-order valence-corrected chi connectivity index (χ1v) is 5.90. The number of nitrogens with two attached hydrogens (primary N) is 1. The Morgan fingerprint density at radius 3 is 2.67 bits per heavy atom. The van der Waals surface area contributed by atoms with Crippen molar-refractivity contribution in [1.82, 2.24) is 4.90 Å². The maximum Gasteiger partial charge on any atom is 0.0452 e. The van der Waals surface area contributed by atoms with Crippen LogP contribution < -0.4 is 5.73 Å². The van der Waals surface area contributed by atoms with Crippen molar-refractivity contribution in [1.29, 1.82) is 0 Å². The van der Waals surface area contributed by atoms with E-state index in [1.54, 1.807) is 0 Å². The van der Waals surface area contributed by atoms with Gasteiger partial charge in [-0.05, 0) is 49.7 Å². The average molecular weight is 225 g/mol. The first-order valence-electron chi connectivity index (χ1n) is 5.52. The van der Waals surface area contributed by atoms with Crippen LogP contribution in [-0.4, -0.2) is 18.0 Å². The summed E-state index contributed by atoms with van der Waals surface area (Å²) in [6.07, 6.45) is 3.97. The number of likely N-dealkylation sites (tertiary alicyclic amines) is 1. The summed E-state index contributed by atoms with van der Waals surface area (Å²) in [7, 11) is 0. The molecule has 0 bridgehead atoms. The van der Waals surface area contributed by atoms with Gasteiger partial charge in [0.2, 0.25) is 0 Å². The molecule has 0 atom stereocenters. The third kappa shape index (κ3) is 2.86. The van der Waals surface area contributed by atoms with Crippen molar-refractivity contribution in [3.8, 4) is 0 Å². The molecule has 0 unspecified atom stereocenters. The van der Waals surface area contributed by atoms with Crippen LogP contribution in [0.1, 0.15) is 24.8 Å². The standard InChI is InChI=1S/C12H17ClN2/c13-12-5-4-11(14)8-10(12)9-15-6-2-1-3-7-15/h4-5,8H,1-3,6-7,9,14H2. The Hall–Kier alpha value is -0.730. The molecular formula is C12H17ClN2. The lowest BCUT2D eigenvalue weighted by Gasteiger charge is -2.26. The Morgan fingerprint density at radius 2 is 1.93 bits per heavy atom. The van der Waals surface area contributed by atoms with Gasteiger partial charge in [-0.25, -0.2) is 0 Å². The van der Waals surface area contributed by atoms with Crippen LogP contribution in [0.15, 0.2) is 18.2 Å². The molecule has 0 aromatic heterocycles. The second kappa shape index (κ2) is 4.86. The number of rotatable bonds is 2. The number of halogens is 1. The molecule has 2 nitrogen and oxygen atoms in total. The van der Waals surface area contributed by atoms with Gasteiger partial charge in [0.25, 0.3) is 0 Å². The minimum absolute atomic E-state index is 0.798. The molecule has 3 heteroatoms. The summed E-state index contributed by atoms with van der Waals surface area (Å²) in [6, 6.07) is 5.72. The Kier molecular flexibility index (Phi) is 3.49. The van der Waals surface area contributed by atoms with E-state index in [1.807, 2.05) is 18.2 Å². The summed E-state index contributed by atoms with van der Waals surface area (Å²) in [4.78, 5) is 2.45. The number of nitrogens with zero attached hydrogens (tertiary/aromatic N) is 1. The van der Waals surface area contributed by atoms with Crippen LogP contribution in [-0.2, 0) is 6.54 Å². The Morgan fingerprint density at radius 1 is 1.20 bits per heavy atom. The number of piperidine rings is 1. The van der Waals surface area contributed by atoms with E-state index < -0.39 is 0 Å². The highest BCUT2D eigenvalue weighted by Crippen LogP contribution is 2.22. The van der Waals surface area contributed by atoms with Gasteiger partial charge in [0.05, 0.1) is 0 Å². The first-order chi connectivity index (χ1) is 7.25. The van der Waals surface area contributed by atoms with E-state index in [0.29, 0.717) is 0 Å². The SMILES string of the molecule is Nc1ccc(Cl)c(CN2CCCCC2)c1. The lowest BCUT2D eigenvalue weighted by atomic mass is 10.1. The molecule has 2 rings (SSSR count). The predicted octanol–water partition coefficient (Wildman–Crippen LogP) is 2.91. The van der Waals surface area contributed by atoms with Gasteiger partial charge in [-0.3, -0.25) is 4.90 Å². The van der Waals surface area contributed by atoms with E-state index in [4.69, 9.17) is 17.3 Å². The van der Waals surface area contributed by atoms with Gasteiger partial charge in [0.15, 0.2) is 0 Å². The summed E-state index contributed by atoms with van der Waals surface area (Å²) in [6.45, 7) is 3.31. The van der Waals surface area contributed by atoms with Crippen LogP contribution in [0.5, 0.6) is 0 Å². The lowest BCUT2D eigenvalue weighted by Crippen LogP contribution is -2.29. The zero-order valence-corrected chi connectivity index (χ0v) is 9.63. The maximum atomic E-state index is 6.13. The van der Waals surface area contributed by atoms with Crippen LogP contribution in [0, 0.1) is 0 Å². The van der Waals surface area contributed by atoms with E-state index in [9.17, 15) is 0 Å². The quantitative estimate of drug-likeness (QED) is 0.783. The number of anilines is 1. The summed E-state index contributed by atoms with van der Waals surface area (Å²) >= 11 is 6.13. The Labute approximate surface area is 96.0 Å². The van der Waals surface area contributed by atoms with Crippen LogP contribution in [0.3, 0.4) is 0 Å². The lowest BCUT2D eigenvalue weighted by molar-refractivity contribution is 0.221. The van der Waals surface area contributed by atoms with Gasteiger partial charge < -0.3 is 5.73 Å². The minimum Gasteiger partial charge on any atom is -0.399 e. The molecule has 0 spiro atoms. The maximum absolute atomic E-state index is 6.13. The van der Waals surface area contributed by atoms with Crippen LogP contribution in [0.4, 0.5) is 5.69 Å². The topological polar surface area (TPSA) is 29.3 Å². The van der Waals surface area contributed by atoms with Gasteiger partial charge in [0, 0.05) is 17.3 Å². The van der Waals surface area contributed by atoms with Crippen LogP contribution in [0.2, 0.25) is 5.02 Å². The fraction of sp³-hybridized carbons (Fsp3) is 0.500. The highest BCUT2D eigenvalue weighted by atomic mass is 35.5. The molecule has 0 saturated carbocycles. The first kappa shape index (κ1) is 10.8. The van der Waals surface area contributed by atoms with Crippen molar-refractivity contribution in [2.24, 2.45) is 0 Å². The zero-order chi connectivity index (χ0) is 10.7. The van der Waals surface area contributed by atoms with Crippen molar-refractivity contribution in [2.45, 2.75) is 25.8 Å². The fourth-order valence-corrected chi connectivity index (χ4v) is 2.25. The number of hydrogen-bond acceptors (Lipinski definition) is 2. The van der Waals surface area contributed by atoms with Crippen molar-refractivity contribution in [2.75, 3.05) is 18.8 Å². The molecule has 1 aromatic rings. The van der Waals surface area contributed by atoms with E-state index in [0.717, 1.165) is 22.8 Å². The molecule has 1 fully saturated rings. The molecular weight excluding hydrogens is 208 g/mol. The van der Waals surface area contributed by atoms with Gasteiger partial charge >= 0.3 is 0 Å². The minimum atomic E-state index is 0.798. The van der Waals surface area contributed by atoms with Gasteiger partial charge in [0.1, 0.15) is 0 Å². The van der Waals surface area contributed by atoms with E-state index in [1.165, 1.54) is 32.4 Å². The molecule has 0 aliphatic carbocycles. The summed E-state index contributed by atoms with van der Waals surface area (Å²) in [5.41, 5.74) is 7.70. The average Bonchev–Trinajstić information content (AvgIpc) is 2.25. The van der Waals surface area contributed by atoms with E-state index in [2.05, 4.69) is 4.90 Å². The molecule has 1 saturated heterocycles. The highest BCUT2D eigenvalue weighted by Gasteiger charge is 2.11. The summed E-state index contributed by atoms with van der Waals surface area (Å²) in [5, 5.41) is 0.828. The molecule has 1 heterocycles. The second-order valence-corrected chi connectivity index (χ2v) is 4.59. The number of nitrogen functional groups attached to an aromatic ring is 1. The van der Waals surface area contributed by atoms with Crippen molar-refractivity contribution in [3.63, 3.8) is 0 Å². The molecule has 1 aromatic carbocycles. The predicted molar refractivity (Wildman–Crippen MR) is 65.0 cm³/mol. The summed E-state index contributed by atoms with van der Waals surface area (Å²) in [5.74, 6) is 0. The van der Waals surface area contributed by atoms with E-state index >= 15 is 0 Å². The fourth-order valence-electron chi connectivity index (χ4n) is 2.07. The highest BCUT2D eigenvalue weighted by molar-refractivity contribution is 6.31. The molecule has 0 amide bonds. The number of benzene rings is 1. The molecule has 0 radical (unpaired) electrons. The normalized spacial score (nSPS) is 17.9. The Balaban J connectivity index is 2.05. The van der Waals surface area contributed by atoms with E-state index in [-0.39, 0.29) is 0 Å². The molecule has 2 N–H and O–H groups in total. The van der Waals surface area contributed by atoms with Gasteiger partial charge in [-0.15, -0.1) is 0 Å². The third-order valence-corrected chi connectivity index (χ3v) is 3.28. The van der Waals surface area contributed by atoms with Gasteiger partial charge in [-0.2, -0.15) is 0 Å². The van der Waals surface area contributed by atoms with Crippen molar-refractivity contribution in [3.05, 3.63) is 28.8 Å².